The molecule has 4 heteroatoms. The van der Waals surface area contributed by atoms with Gasteiger partial charge in [0, 0.05) is 17.0 Å². The van der Waals surface area contributed by atoms with Crippen molar-refractivity contribution in [1.82, 2.24) is 4.98 Å². The molecule has 0 saturated carbocycles. The fraction of sp³-hybridized carbons (Fsp3) is 0.250. The van der Waals surface area contributed by atoms with Crippen molar-refractivity contribution in [3.63, 3.8) is 0 Å². The van der Waals surface area contributed by atoms with Crippen LogP contribution in [0.15, 0.2) is 23.6 Å². The molecule has 1 aromatic heterocycles. The van der Waals surface area contributed by atoms with Gasteiger partial charge in [0.15, 0.2) is 0 Å². The van der Waals surface area contributed by atoms with Crippen molar-refractivity contribution in [3.05, 3.63) is 35.1 Å². The van der Waals surface area contributed by atoms with E-state index in [1.165, 1.54) is 24.5 Å². The highest BCUT2D eigenvalue weighted by Gasteiger charge is 2.10. The minimum atomic E-state index is -0.295. The van der Waals surface area contributed by atoms with E-state index in [4.69, 9.17) is 4.74 Å². The molecular weight excluding hydrogens is 225 g/mol. The normalized spacial score (nSPS) is 10.4. The van der Waals surface area contributed by atoms with Gasteiger partial charge < -0.3 is 4.74 Å². The van der Waals surface area contributed by atoms with Crippen molar-refractivity contribution in [3.8, 4) is 16.3 Å². The molecule has 0 amide bonds. The van der Waals surface area contributed by atoms with Crippen LogP contribution in [0.25, 0.3) is 10.6 Å². The second kappa shape index (κ2) is 4.61. The Kier molecular flexibility index (Phi) is 3.19. The van der Waals surface area contributed by atoms with E-state index in [0.717, 1.165) is 17.1 Å². The highest BCUT2D eigenvalue weighted by molar-refractivity contribution is 7.13. The number of halogens is 1. The van der Waals surface area contributed by atoms with Crippen molar-refractivity contribution in [2.75, 3.05) is 7.11 Å². The van der Waals surface area contributed by atoms with Gasteiger partial charge in [-0.05, 0) is 18.6 Å². The number of thiazole rings is 1. The van der Waals surface area contributed by atoms with Crippen molar-refractivity contribution in [2.24, 2.45) is 0 Å². The fourth-order valence-corrected chi connectivity index (χ4v) is 2.32. The molecule has 0 saturated heterocycles. The Morgan fingerprint density at radius 2 is 2.25 bits per heavy atom. The van der Waals surface area contributed by atoms with Crippen molar-refractivity contribution in [1.29, 1.82) is 0 Å². The van der Waals surface area contributed by atoms with E-state index < -0.39 is 0 Å². The van der Waals surface area contributed by atoms with Crippen LogP contribution >= 0.6 is 11.3 Å². The summed E-state index contributed by atoms with van der Waals surface area (Å²) in [6, 6.07) is 4.82. The quantitative estimate of drug-likeness (QED) is 0.814. The average molecular weight is 237 g/mol. The smallest absolute Gasteiger partial charge is 0.137 e. The van der Waals surface area contributed by atoms with Crippen LogP contribution in [-0.2, 0) is 6.42 Å². The summed E-state index contributed by atoms with van der Waals surface area (Å²) in [5.74, 6) is 0.227. The number of aromatic nitrogens is 1. The first-order valence-electron chi connectivity index (χ1n) is 5.03. The minimum Gasteiger partial charge on any atom is -0.497 e. The molecule has 0 aliphatic heterocycles. The Morgan fingerprint density at radius 1 is 1.44 bits per heavy atom. The van der Waals surface area contributed by atoms with Crippen molar-refractivity contribution < 1.29 is 9.13 Å². The lowest BCUT2D eigenvalue weighted by atomic mass is 10.2. The fourth-order valence-electron chi connectivity index (χ4n) is 1.39. The molecule has 0 unspecified atom stereocenters. The first-order valence-corrected chi connectivity index (χ1v) is 5.91. The zero-order valence-corrected chi connectivity index (χ0v) is 9.97. The van der Waals surface area contributed by atoms with Crippen LogP contribution in [-0.4, -0.2) is 12.1 Å². The summed E-state index contributed by atoms with van der Waals surface area (Å²) in [5, 5.41) is 2.68. The molecule has 0 aliphatic carbocycles. The Balaban J connectivity index is 2.40. The van der Waals surface area contributed by atoms with Crippen molar-refractivity contribution in [2.45, 2.75) is 13.3 Å². The maximum atomic E-state index is 13.7. The Hall–Kier alpha value is -1.42. The van der Waals surface area contributed by atoms with Gasteiger partial charge in [-0.3, -0.25) is 0 Å². The topological polar surface area (TPSA) is 22.1 Å². The number of hydrogen-bond donors (Lipinski definition) is 0. The van der Waals surface area contributed by atoms with E-state index >= 15 is 0 Å². The first-order chi connectivity index (χ1) is 7.74. The number of rotatable bonds is 3. The van der Waals surface area contributed by atoms with Crippen LogP contribution < -0.4 is 4.74 Å². The SMILES string of the molecule is CCc1csc(-c2ccc(OC)cc2F)n1. The summed E-state index contributed by atoms with van der Waals surface area (Å²) >= 11 is 1.46. The molecular formula is C12H12FNOS. The molecule has 0 N–H and O–H groups in total. The van der Waals surface area contributed by atoms with Crippen LogP contribution in [0.5, 0.6) is 5.75 Å². The molecule has 0 radical (unpaired) electrons. The largest absolute Gasteiger partial charge is 0.497 e. The lowest BCUT2D eigenvalue weighted by molar-refractivity contribution is 0.411. The van der Waals surface area contributed by atoms with Gasteiger partial charge in [0.1, 0.15) is 16.6 Å². The Bertz CT molecular complexity index is 496. The molecule has 1 aromatic carbocycles. The molecule has 0 fully saturated rings. The summed E-state index contributed by atoms with van der Waals surface area (Å²) in [6.45, 7) is 2.03. The monoisotopic (exact) mass is 237 g/mol. The molecule has 0 atom stereocenters. The molecule has 16 heavy (non-hydrogen) atoms. The summed E-state index contributed by atoms with van der Waals surface area (Å²) in [7, 11) is 1.52. The van der Waals surface area contributed by atoms with Gasteiger partial charge in [-0.25, -0.2) is 9.37 Å². The van der Waals surface area contributed by atoms with E-state index in [1.807, 2.05) is 12.3 Å². The van der Waals surface area contributed by atoms with E-state index in [0.29, 0.717) is 11.3 Å². The molecule has 2 aromatic rings. The predicted molar refractivity (Wildman–Crippen MR) is 63.4 cm³/mol. The summed E-state index contributed by atoms with van der Waals surface area (Å²) in [4.78, 5) is 4.35. The molecule has 0 bridgehead atoms. The van der Waals surface area contributed by atoms with Crippen LogP contribution in [0, 0.1) is 5.82 Å². The third kappa shape index (κ3) is 2.07. The second-order valence-corrected chi connectivity index (χ2v) is 4.20. The van der Waals surface area contributed by atoms with Crippen molar-refractivity contribution >= 4 is 11.3 Å². The zero-order valence-electron chi connectivity index (χ0n) is 9.16. The number of methoxy groups -OCH3 is 1. The van der Waals surface area contributed by atoms with Gasteiger partial charge in [0.25, 0.3) is 0 Å². The summed E-state index contributed by atoms with van der Waals surface area (Å²) < 4.78 is 18.7. The number of aryl methyl sites for hydroxylation is 1. The van der Waals surface area contributed by atoms with E-state index in [-0.39, 0.29) is 5.82 Å². The Morgan fingerprint density at radius 3 is 2.81 bits per heavy atom. The minimum absolute atomic E-state index is 0.295. The van der Waals surface area contributed by atoms with E-state index in [9.17, 15) is 4.39 Å². The predicted octanol–water partition coefficient (Wildman–Crippen LogP) is 3.52. The van der Waals surface area contributed by atoms with Crippen LogP contribution in [0.1, 0.15) is 12.6 Å². The van der Waals surface area contributed by atoms with E-state index in [1.54, 1.807) is 12.1 Å². The highest BCUT2D eigenvalue weighted by atomic mass is 32.1. The summed E-state index contributed by atoms with van der Waals surface area (Å²) in [6.07, 6.45) is 0.869. The number of nitrogens with zero attached hydrogens (tertiary/aromatic N) is 1. The van der Waals surface area contributed by atoms with Gasteiger partial charge in [-0.15, -0.1) is 11.3 Å². The lowest BCUT2D eigenvalue weighted by Crippen LogP contribution is -1.88. The van der Waals surface area contributed by atoms with Crippen LogP contribution in [0.4, 0.5) is 4.39 Å². The number of ether oxygens (including phenoxy) is 1. The first kappa shape index (κ1) is 11.1. The average Bonchev–Trinajstić information content (AvgIpc) is 2.77. The second-order valence-electron chi connectivity index (χ2n) is 3.34. The molecule has 0 aliphatic rings. The molecule has 1 heterocycles. The molecule has 0 spiro atoms. The van der Waals surface area contributed by atoms with Crippen LogP contribution in [0.3, 0.4) is 0 Å². The lowest BCUT2D eigenvalue weighted by Gasteiger charge is -2.02. The maximum Gasteiger partial charge on any atom is 0.137 e. The third-order valence-electron chi connectivity index (χ3n) is 2.32. The Labute approximate surface area is 97.7 Å². The highest BCUT2D eigenvalue weighted by Crippen LogP contribution is 2.28. The van der Waals surface area contributed by atoms with Gasteiger partial charge in [-0.1, -0.05) is 6.92 Å². The van der Waals surface area contributed by atoms with Gasteiger partial charge in [-0.2, -0.15) is 0 Å². The van der Waals surface area contributed by atoms with Gasteiger partial charge >= 0.3 is 0 Å². The molecule has 2 rings (SSSR count). The number of benzene rings is 1. The standard InChI is InChI=1S/C12H12FNOS/c1-3-8-7-16-12(14-8)10-5-4-9(15-2)6-11(10)13/h4-7H,3H2,1-2H3. The number of hydrogen-bond acceptors (Lipinski definition) is 3. The maximum absolute atomic E-state index is 13.7. The van der Waals surface area contributed by atoms with E-state index in [2.05, 4.69) is 4.98 Å². The molecule has 2 nitrogen and oxygen atoms in total. The van der Waals surface area contributed by atoms with Gasteiger partial charge in [0.2, 0.25) is 0 Å². The zero-order chi connectivity index (χ0) is 11.5. The molecule has 84 valence electrons. The summed E-state index contributed by atoms with van der Waals surface area (Å²) in [5.41, 5.74) is 1.53. The van der Waals surface area contributed by atoms with Crippen LogP contribution in [0.2, 0.25) is 0 Å². The van der Waals surface area contributed by atoms with Gasteiger partial charge in [0.05, 0.1) is 12.8 Å². The third-order valence-corrected chi connectivity index (χ3v) is 3.25.